The molecule has 1 aromatic rings. The highest BCUT2D eigenvalue weighted by molar-refractivity contribution is 5.58. The Bertz CT molecular complexity index is 485. The van der Waals surface area contributed by atoms with E-state index < -0.39 is 0 Å². The van der Waals surface area contributed by atoms with Crippen LogP contribution >= 0.6 is 0 Å². The molecule has 1 aliphatic rings. The fraction of sp³-hybridized carbons (Fsp3) is 0.625. The van der Waals surface area contributed by atoms with E-state index in [9.17, 15) is 4.39 Å². The van der Waals surface area contributed by atoms with Crippen molar-refractivity contribution in [3.05, 3.63) is 29.1 Å². The Kier molecular flexibility index (Phi) is 4.35. The largest absolute Gasteiger partial charge is 0.369 e. The summed E-state index contributed by atoms with van der Waals surface area (Å²) >= 11 is 0. The number of halogens is 1. The lowest BCUT2D eigenvalue weighted by molar-refractivity contribution is 0.266. The molecule has 0 spiro atoms. The zero-order chi connectivity index (χ0) is 15.0. The smallest absolute Gasteiger partial charge is 0.126 e. The molecular formula is C16H26FN3. The van der Waals surface area contributed by atoms with Gasteiger partial charge in [0.05, 0.1) is 0 Å². The number of rotatable bonds is 3. The number of anilines is 1. The second-order valence-electron chi connectivity index (χ2n) is 6.36. The first-order valence-corrected chi connectivity index (χ1v) is 7.28. The van der Waals surface area contributed by atoms with Crippen LogP contribution in [0.25, 0.3) is 0 Å². The van der Waals surface area contributed by atoms with Gasteiger partial charge in [-0.1, -0.05) is 6.92 Å². The summed E-state index contributed by atoms with van der Waals surface area (Å²) in [5.41, 5.74) is 8.71. The molecule has 20 heavy (non-hydrogen) atoms. The van der Waals surface area contributed by atoms with Gasteiger partial charge in [-0.15, -0.1) is 0 Å². The van der Waals surface area contributed by atoms with Crippen LogP contribution in [0, 0.1) is 18.7 Å². The van der Waals surface area contributed by atoms with Gasteiger partial charge in [0.1, 0.15) is 5.82 Å². The summed E-state index contributed by atoms with van der Waals surface area (Å²) in [5, 5.41) is 0. The maximum absolute atomic E-state index is 13.8. The molecule has 0 aromatic heterocycles. The van der Waals surface area contributed by atoms with Gasteiger partial charge in [-0.2, -0.15) is 0 Å². The monoisotopic (exact) mass is 279 g/mol. The minimum Gasteiger partial charge on any atom is -0.369 e. The van der Waals surface area contributed by atoms with Gasteiger partial charge in [-0.05, 0) is 57.1 Å². The molecule has 0 aliphatic carbocycles. The summed E-state index contributed by atoms with van der Waals surface area (Å²) in [4.78, 5) is 4.62. The zero-order valence-electron chi connectivity index (χ0n) is 13.2. The third-order valence-electron chi connectivity index (χ3n) is 4.38. The van der Waals surface area contributed by atoms with Crippen LogP contribution in [0.4, 0.5) is 10.1 Å². The van der Waals surface area contributed by atoms with E-state index in [2.05, 4.69) is 30.8 Å². The van der Waals surface area contributed by atoms with Crippen molar-refractivity contribution in [2.45, 2.75) is 32.9 Å². The summed E-state index contributed by atoms with van der Waals surface area (Å²) in [7, 11) is 4.24. The molecule has 3 nitrogen and oxygen atoms in total. The van der Waals surface area contributed by atoms with Gasteiger partial charge in [0.25, 0.3) is 0 Å². The standard InChI is InChI=1S/C16H26FN3/c1-10-6-15(13(12(3)18)7-14(10)17)20-8-11(2)16(9-20)19(4)5/h6-7,11-12,16H,8-9,18H2,1-5H3/t11?,12-,16?/m0/s1. The molecule has 1 aliphatic heterocycles. The van der Waals surface area contributed by atoms with Gasteiger partial charge >= 0.3 is 0 Å². The molecule has 2 unspecified atom stereocenters. The van der Waals surface area contributed by atoms with Crippen LogP contribution in [0.1, 0.15) is 31.0 Å². The van der Waals surface area contributed by atoms with Crippen molar-refractivity contribution in [3.63, 3.8) is 0 Å². The Morgan fingerprint density at radius 2 is 2.00 bits per heavy atom. The van der Waals surface area contributed by atoms with E-state index in [0.717, 1.165) is 24.3 Å². The zero-order valence-corrected chi connectivity index (χ0v) is 13.2. The van der Waals surface area contributed by atoms with Gasteiger partial charge in [0.15, 0.2) is 0 Å². The molecule has 1 fully saturated rings. The third kappa shape index (κ3) is 2.81. The average molecular weight is 279 g/mol. The first kappa shape index (κ1) is 15.3. The maximum atomic E-state index is 13.8. The van der Waals surface area contributed by atoms with Crippen molar-refractivity contribution in [1.29, 1.82) is 0 Å². The predicted molar refractivity (Wildman–Crippen MR) is 82.6 cm³/mol. The van der Waals surface area contributed by atoms with Crippen molar-refractivity contribution in [1.82, 2.24) is 4.90 Å². The summed E-state index contributed by atoms with van der Waals surface area (Å²) < 4.78 is 13.8. The number of aryl methyl sites for hydroxylation is 1. The third-order valence-corrected chi connectivity index (χ3v) is 4.38. The highest BCUT2D eigenvalue weighted by Gasteiger charge is 2.32. The van der Waals surface area contributed by atoms with Gasteiger partial charge < -0.3 is 15.5 Å². The molecule has 1 saturated heterocycles. The lowest BCUT2D eigenvalue weighted by Gasteiger charge is -2.26. The second-order valence-corrected chi connectivity index (χ2v) is 6.36. The number of hydrogen-bond donors (Lipinski definition) is 1. The summed E-state index contributed by atoms with van der Waals surface area (Å²) in [5.74, 6) is 0.425. The second kappa shape index (κ2) is 5.70. The van der Waals surface area contributed by atoms with Crippen molar-refractivity contribution in [2.24, 2.45) is 11.7 Å². The first-order valence-electron chi connectivity index (χ1n) is 7.28. The predicted octanol–water partition coefficient (Wildman–Crippen LogP) is 2.54. The normalized spacial score (nSPS) is 24.5. The molecule has 1 heterocycles. The number of likely N-dealkylation sites (N-methyl/N-ethyl adjacent to an activating group) is 1. The Balaban J connectivity index is 2.36. The molecular weight excluding hydrogens is 253 g/mol. The number of benzene rings is 1. The van der Waals surface area contributed by atoms with E-state index in [-0.39, 0.29) is 11.9 Å². The van der Waals surface area contributed by atoms with Gasteiger partial charge in [0.2, 0.25) is 0 Å². The van der Waals surface area contributed by atoms with Crippen molar-refractivity contribution in [2.75, 3.05) is 32.1 Å². The molecule has 112 valence electrons. The molecule has 3 atom stereocenters. The van der Waals surface area contributed by atoms with E-state index in [1.807, 2.05) is 19.9 Å². The summed E-state index contributed by atoms with van der Waals surface area (Å²) in [6.45, 7) is 7.96. The molecule has 4 heteroatoms. The minimum atomic E-state index is -0.169. The maximum Gasteiger partial charge on any atom is 0.126 e. The fourth-order valence-electron chi connectivity index (χ4n) is 3.14. The average Bonchev–Trinajstić information content (AvgIpc) is 2.74. The first-order chi connectivity index (χ1) is 9.31. The van der Waals surface area contributed by atoms with Gasteiger partial charge in [0, 0.05) is 30.9 Å². The van der Waals surface area contributed by atoms with E-state index >= 15 is 0 Å². The van der Waals surface area contributed by atoms with E-state index in [4.69, 9.17) is 5.73 Å². The number of nitrogens with two attached hydrogens (primary N) is 1. The molecule has 0 saturated carbocycles. The van der Waals surface area contributed by atoms with Crippen LogP contribution in [-0.4, -0.2) is 38.1 Å². The minimum absolute atomic E-state index is 0.159. The van der Waals surface area contributed by atoms with Crippen LogP contribution in [0.2, 0.25) is 0 Å². The van der Waals surface area contributed by atoms with Crippen molar-refractivity contribution >= 4 is 5.69 Å². The van der Waals surface area contributed by atoms with Crippen LogP contribution in [0.15, 0.2) is 12.1 Å². The van der Waals surface area contributed by atoms with Crippen LogP contribution in [-0.2, 0) is 0 Å². The van der Waals surface area contributed by atoms with Crippen LogP contribution in [0.5, 0.6) is 0 Å². The van der Waals surface area contributed by atoms with Crippen molar-refractivity contribution < 1.29 is 4.39 Å². The Morgan fingerprint density at radius 1 is 1.35 bits per heavy atom. The van der Waals surface area contributed by atoms with E-state index in [1.54, 1.807) is 6.07 Å². The molecule has 1 aromatic carbocycles. The lowest BCUT2D eigenvalue weighted by Crippen LogP contribution is -2.34. The molecule has 2 rings (SSSR count). The topological polar surface area (TPSA) is 32.5 Å². The molecule has 0 amide bonds. The molecule has 0 bridgehead atoms. The Morgan fingerprint density at radius 3 is 2.50 bits per heavy atom. The lowest BCUT2D eigenvalue weighted by atomic mass is 10.0. The van der Waals surface area contributed by atoms with Crippen LogP contribution < -0.4 is 10.6 Å². The number of nitrogens with zero attached hydrogens (tertiary/aromatic N) is 2. The molecule has 0 radical (unpaired) electrons. The van der Waals surface area contributed by atoms with E-state index in [0.29, 0.717) is 17.5 Å². The number of hydrogen-bond acceptors (Lipinski definition) is 3. The highest BCUT2D eigenvalue weighted by Crippen LogP contribution is 2.33. The SMILES string of the molecule is Cc1cc(N2CC(C)C(N(C)C)C2)c([C@H](C)N)cc1F. The van der Waals surface area contributed by atoms with Gasteiger partial charge in [-0.3, -0.25) is 0 Å². The Hall–Kier alpha value is -1.13. The fourth-order valence-corrected chi connectivity index (χ4v) is 3.14. The van der Waals surface area contributed by atoms with Crippen LogP contribution in [0.3, 0.4) is 0 Å². The van der Waals surface area contributed by atoms with E-state index in [1.165, 1.54) is 0 Å². The van der Waals surface area contributed by atoms with Crippen molar-refractivity contribution in [3.8, 4) is 0 Å². The summed E-state index contributed by atoms with van der Waals surface area (Å²) in [6, 6.07) is 3.91. The van der Waals surface area contributed by atoms with Gasteiger partial charge in [-0.25, -0.2) is 4.39 Å². The molecule has 2 N–H and O–H groups in total. The Labute approximate surface area is 121 Å². The quantitative estimate of drug-likeness (QED) is 0.923. The summed E-state index contributed by atoms with van der Waals surface area (Å²) in [6.07, 6.45) is 0. The highest BCUT2D eigenvalue weighted by atomic mass is 19.1.